The SMILES string of the molecule is CCC(C)(CNS(C)(=O)=O)C(=O)OC1(C(C)C)CCCC1. The van der Waals surface area contributed by atoms with E-state index in [1.54, 1.807) is 6.92 Å². The van der Waals surface area contributed by atoms with Crippen molar-refractivity contribution in [1.29, 1.82) is 0 Å². The molecule has 0 bridgehead atoms. The summed E-state index contributed by atoms with van der Waals surface area (Å²) in [6.45, 7) is 7.88. The lowest BCUT2D eigenvalue weighted by molar-refractivity contribution is -0.176. The van der Waals surface area contributed by atoms with Gasteiger partial charge in [0, 0.05) is 6.54 Å². The molecule has 0 aromatic carbocycles. The molecule has 1 rings (SSSR count). The molecule has 1 aliphatic carbocycles. The summed E-state index contributed by atoms with van der Waals surface area (Å²) >= 11 is 0. The zero-order valence-electron chi connectivity index (χ0n) is 13.9. The molecule has 0 radical (unpaired) electrons. The molecule has 21 heavy (non-hydrogen) atoms. The molecule has 0 spiro atoms. The second-order valence-corrected chi connectivity index (χ2v) is 8.66. The van der Waals surface area contributed by atoms with Crippen LogP contribution in [0, 0.1) is 11.3 Å². The van der Waals surface area contributed by atoms with Gasteiger partial charge in [0.05, 0.1) is 11.7 Å². The fourth-order valence-electron chi connectivity index (χ4n) is 2.71. The van der Waals surface area contributed by atoms with Crippen LogP contribution in [0.4, 0.5) is 0 Å². The van der Waals surface area contributed by atoms with Crippen molar-refractivity contribution in [3.05, 3.63) is 0 Å². The van der Waals surface area contributed by atoms with Crippen molar-refractivity contribution < 1.29 is 17.9 Å². The molecule has 0 amide bonds. The molecule has 5 nitrogen and oxygen atoms in total. The molecule has 0 aliphatic heterocycles. The first-order valence-corrected chi connectivity index (χ1v) is 9.62. The van der Waals surface area contributed by atoms with Gasteiger partial charge in [-0.1, -0.05) is 20.8 Å². The van der Waals surface area contributed by atoms with Gasteiger partial charge in [0.2, 0.25) is 10.0 Å². The molecule has 0 aromatic heterocycles. The molecular weight excluding hydrogens is 290 g/mol. The third-order valence-electron chi connectivity index (χ3n) is 4.80. The molecule has 1 saturated carbocycles. The molecule has 1 N–H and O–H groups in total. The second-order valence-electron chi connectivity index (χ2n) is 6.82. The van der Waals surface area contributed by atoms with E-state index < -0.39 is 15.4 Å². The number of hydrogen-bond acceptors (Lipinski definition) is 4. The monoisotopic (exact) mass is 319 g/mol. The Morgan fingerprint density at radius 3 is 2.24 bits per heavy atom. The lowest BCUT2D eigenvalue weighted by Gasteiger charge is -2.37. The minimum absolute atomic E-state index is 0.0787. The summed E-state index contributed by atoms with van der Waals surface area (Å²) in [5, 5.41) is 0. The molecule has 0 aromatic rings. The van der Waals surface area contributed by atoms with Gasteiger partial charge in [0.15, 0.2) is 0 Å². The van der Waals surface area contributed by atoms with Gasteiger partial charge in [0.25, 0.3) is 0 Å². The highest BCUT2D eigenvalue weighted by Crippen LogP contribution is 2.41. The van der Waals surface area contributed by atoms with Crippen molar-refractivity contribution in [1.82, 2.24) is 4.72 Å². The summed E-state index contributed by atoms with van der Waals surface area (Å²) in [5.41, 5.74) is -1.20. The summed E-state index contributed by atoms with van der Waals surface area (Å²) in [6.07, 6.45) is 5.58. The smallest absolute Gasteiger partial charge is 0.313 e. The number of ether oxygens (including phenoxy) is 1. The first-order chi connectivity index (χ1) is 9.55. The fourth-order valence-corrected chi connectivity index (χ4v) is 3.29. The number of hydrogen-bond donors (Lipinski definition) is 1. The van der Waals surface area contributed by atoms with Crippen LogP contribution in [-0.4, -0.2) is 32.8 Å². The van der Waals surface area contributed by atoms with Crippen LogP contribution in [0.5, 0.6) is 0 Å². The number of carbonyl (C=O) groups excluding carboxylic acids is 1. The highest BCUT2D eigenvalue weighted by atomic mass is 32.2. The van der Waals surface area contributed by atoms with E-state index in [0.29, 0.717) is 6.42 Å². The Hall–Kier alpha value is -0.620. The summed E-state index contributed by atoms with van der Waals surface area (Å²) < 4.78 is 30.9. The van der Waals surface area contributed by atoms with Crippen LogP contribution >= 0.6 is 0 Å². The number of nitrogens with one attached hydrogen (secondary N) is 1. The van der Waals surface area contributed by atoms with Crippen molar-refractivity contribution in [2.75, 3.05) is 12.8 Å². The number of sulfonamides is 1. The lowest BCUT2D eigenvalue weighted by Crippen LogP contribution is -2.46. The molecule has 1 aliphatic rings. The maximum absolute atomic E-state index is 12.6. The van der Waals surface area contributed by atoms with Crippen LogP contribution in [0.25, 0.3) is 0 Å². The Morgan fingerprint density at radius 2 is 1.86 bits per heavy atom. The van der Waals surface area contributed by atoms with Crippen molar-refractivity contribution in [3.8, 4) is 0 Å². The van der Waals surface area contributed by atoms with E-state index in [0.717, 1.165) is 31.9 Å². The fraction of sp³-hybridized carbons (Fsp3) is 0.933. The van der Waals surface area contributed by atoms with Crippen LogP contribution in [0.2, 0.25) is 0 Å². The third kappa shape index (κ3) is 4.68. The van der Waals surface area contributed by atoms with Crippen molar-refractivity contribution in [3.63, 3.8) is 0 Å². The molecule has 0 saturated heterocycles. The van der Waals surface area contributed by atoms with Gasteiger partial charge in [-0.2, -0.15) is 0 Å². The van der Waals surface area contributed by atoms with Gasteiger partial charge in [0.1, 0.15) is 5.60 Å². The van der Waals surface area contributed by atoms with Crippen LogP contribution in [0.15, 0.2) is 0 Å². The number of esters is 1. The van der Waals surface area contributed by atoms with E-state index in [-0.39, 0.29) is 24.0 Å². The number of carbonyl (C=O) groups is 1. The van der Waals surface area contributed by atoms with Gasteiger partial charge < -0.3 is 4.74 Å². The molecule has 6 heteroatoms. The maximum Gasteiger partial charge on any atom is 0.313 e. The third-order valence-corrected chi connectivity index (χ3v) is 5.46. The quantitative estimate of drug-likeness (QED) is 0.732. The zero-order chi connectivity index (χ0) is 16.3. The molecule has 0 heterocycles. The molecule has 124 valence electrons. The highest BCUT2D eigenvalue weighted by molar-refractivity contribution is 7.88. The number of rotatable bonds is 7. The van der Waals surface area contributed by atoms with Gasteiger partial charge in [-0.25, -0.2) is 13.1 Å². The predicted octanol–water partition coefficient (Wildman–Crippen LogP) is 2.46. The van der Waals surface area contributed by atoms with Gasteiger partial charge in [-0.3, -0.25) is 4.79 Å². The maximum atomic E-state index is 12.6. The van der Waals surface area contributed by atoms with Crippen LogP contribution in [0.3, 0.4) is 0 Å². The summed E-state index contributed by atoms with van der Waals surface area (Å²) in [7, 11) is -3.32. The Bertz CT molecular complexity index is 466. The van der Waals surface area contributed by atoms with E-state index in [1.807, 2.05) is 6.92 Å². The van der Waals surface area contributed by atoms with E-state index in [9.17, 15) is 13.2 Å². The van der Waals surface area contributed by atoms with Crippen molar-refractivity contribution >= 4 is 16.0 Å². The first kappa shape index (κ1) is 18.4. The zero-order valence-corrected chi connectivity index (χ0v) is 14.7. The Balaban J connectivity index is 2.82. The largest absolute Gasteiger partial charge is 0.458 e. The van der Waals surface area contributed by atoms with Crippen molar-refractivity contribution in [2.45, 2.75) is 65.4 Å². The van der Waals surface area contributed by atoms with Crippen LogP contribution in [0.1, 0.15) is 59.8 Å². The van der Waals surface area contributed by atoms with Crippen LogP contribution in [-0.2, 0) is 19.6 Å². The molecular formula is C15H29NO4S. The minimum atomic E-state index is -3.32. The summed E-state index contributed by atoms with van der Waals surface area (Å²) in [5.74, 6) is -0.0235. The molecule has 1 fully saturated rings. The average molecular weight is 319 g/mol. The van der Waals surface area contributed by atoms with E-state index >= 15 is 0 Å². The summed E-state index contributed by atoms with van der Waals surface area (Å²) in [4.78, 5) is 12.6. The average Bonchev–Trinajstić information content (AvgIpc) is 2.85. The van der Waals surface area contributed by atoms with Gasteiger partial charge >= 0.3 is 5.97 Å². The Kier molecular flexibility index (Phi) is 5.83. The minimum Gasteiger partial charge on any atom is -0.458 e. The topological polar surface area (TPSA) is 72.5 Å². The Morgan fingerprint density at radius 1 is 1.33 bits per heavy atom. The van der Waals surface area contributed by atoms with E-state index in [2.05, 4.69) is 18.6 Å². The first-order valence-electron chi connectivity index (χ1n) is 7.73. The van der Waals surface area contributed by atoms with Crippen molar-refractivity contribution in [2.24, 2.45) is 11.3 Å². The van der Waals surface area contributed by atoms with Gasteiger partial charge in [-0.05, 0) is 44.9 Å². The normalized spacial score (nSPS) is 21.2. The molecule has 1 atom stereocenters. The Labute approximate surface area is 128 Å². The lowest BCUT2D eigenvalue weighted by atomic mass is 9.85. The highest BCUT2D eigenvalue weighted by Gasteiger charge is 2.44. The second kappa shape index (κ2) is 6.65. The van der Waals surface area contributed by atoms with E-state index in [1.165, 1.54) is 0 Å². The standard InChI is InChI=1S/C15H29NO4S/c1-6-14(4,11-16-21(5,18)19)13(17)20-15(12(2)3)9-7-8-10-15/h12,16H,6-11H2,1-5H3. The van der Waals surface area contributed by atoms with E-state index in [4.69, 9.17) is 4.74 Å². The summed E-state index contributed by atoms with van der Waals surface area (Å²) in [6, 6.07) is 0. The predicted molar refractivity (Wildman–Crippen MR) is 83.4 cm³/mol. The van der Waals surface area contributed by atoms with Gasteiger partial charge in [-0.15, -0.1) is 0 Å². The van der Waals surface area contributed by atoms with Crippen LogP contribution < -0.4 is 4.72 Å². The molecule has 1 unspecified atom stereocenters.